The van der Waals surface area contributed by atoms with Crippen molar-refractivity contribution in [2.24, 2.45) is 5.73 Å². The van der Waals surface area contributed by atoms with Crippen LogP contribution in [-0.4, -0.2) is 17.6 Å². The van der Waals surface area contributed by atoms with Crippen molar-refractivity contribution in [1.29, 1.82) is 5.26 Å². The molecule has 4 nitrogen and oxygen atoms in total. The summed E-state index contributed by atoms with van der Waals surface area (Å²) in [6.45, 7) is 1.76. The zero-order chi connectivity index (χ0) is 15.7. The minimum absolute atomic E-state index is 0.0877. The van der Waals surface area contributed by atoms with Crippen molar-refractivity contribution >= 4 is 11.6 Å². The number of alkyl halides is 3. The van der Waals surface area contributed by atoms with Crippen molar-refractivity contribution in [2.75, 3.05) is 5.32 Å². The van der Waals surface area contributed by atoms with Crippen LogP contribution in [0.5, 0.6) is 0 Å². The summed E-state index contributed by atoms with van der Waals surface area (Å²) >= 11 is 0. The van der Waals surface area contributed by atoms with Crippen molar-refractivity contribution in [3.05, 3.63) is 29.1 Å². The van der Waals surface area contributed by atoms with Crippen molar-refractivity contribution in [3.8, 4) is 6.07 Å². The summed E-state index contributed by atoms with van der Waals surface area (Å²) in [5.74, 6) is -2.35. The monoisotopic (exact) mass is 289 g/mol. The van der Waals surface area contributed by atoms with Crippen molar-refractivity contribution in [3.63, 3.8) is 0 Å². The quantitative estimate of drug-likeness (QED) is 0.819. The molecular formula is C12H11F4N3O. The minimum Gasteiger partial charge on any atom is -0.324 e. The zero-order valence-corrected chi connectivity index (χ0v) is 10.6. The van der Waals surface area contributed by atoms with Crippen LogP contribution in [0.1, 0.15) is 18.1 Å². The van der Waals surface area contributed by atoms with E-state index in [1.807, 2.05) is 5.32 Å². The fourth-order valence-electron chi connectivity index (χ4n) is 1.25. The van der Waals surface area contributed by atoms with Crippen LogP contribution in [0.15, 0.2) is 12.1 Å². The number of carbonyl (C=O) groups is 1. The van der Waals surface area contributed by atoms with Crippen LogP contribution in [0.4, 0.5) is 23.2 Å². The van der Waals surface area contributed by atoms with E-state index in [9.17, 15) is 22.4 Å². The van der Waals surface area contributed by atoms with E-state index < -0.39 is 23.4 Å². The summed E-state index contributed by atoms with van der Waals surface area (Å²) in [4.78, 5) is 11.6. The Morgan fingerprint density at radius 1 is 1.40 bits per heavy atom. The molecule has 0 saturated heterocycles. The molecule has 0 saturated carbocycles. The van der Waals surface area contributed by atoms with Crippen LogP contribution < -0.4 is 11.1 Å². The van der Waals surface area contributed by atoms with Gasteiger partial charge in [0.15, 0.2) is 5.54 Å². The summed E-state index contributed by atoms with van der Waals surface area (Å²) in [5.41, 5.74) is 1.37. The number of hydrogen-bond donors (Lipinski definition) is 2. The molecule has 1 rings (SSSR count). The van der Waals surface area contributed by atoms with Gasteiger partial charge in [-0.3, -0.25) is 4.79 Å². The van der Waals surface area contributed by atoms with Crippen molar-refractivity contribution < 1.29 is 22.4 Å². The first-order valence-corrected chi connectivity index (χ1v) is 5.38. The third-order valence-electron chi connectivity index (χ3n) is 2.78. The third kappa shape index (κ3) is 2.88. The standard InChI is InChI=1S/C12H11F4N3O/c1-6-8(13)3-7(5-17)4-9(6)19-10(20)11(2,18)12(14,15)16/h3-4H,18H2,1-2H3,(H,19,20). The first kappa shape index (κ1) is 15.9. The fraction of sp³-hybridized carbons (Fsp3) is 0.333. The van der Waals surface area contributed by atoms with Gasteiger partial charge in [-0.2, -0.15) is 18.4 Å². The van der Waals surface area contributed by atoms with Crippen LogP contribution in [0.3, 0.4) is 0 Å². The maximum absolute atomic E-state index is 13.5. The Balaban J connectivity index is 3.15. The average Bonchev–Trinajstić information content (AvgIpc) is 2.32. The molecule has 0 radical (unpaired) electrons. The van der Waals surface area contributed by atoms with Gasteiger partial charge in [-0.05, 0) is 26.0 Å². The van der Waals surface area contributed by atoms with E-state index in [-0.39, 0.29) is 16.8 Å². The molecule has 20 heavy (non-hydrogen) atoms. The summed E-state index contributed by atoms with van der Waals surface area (Å²) in [6.07, 6.45) is -4.96. The molecule has 1 aromatic rings. The Bertz CT molecular complexity index is 588. The summed E-state index contributed by atoms with van der Waals surface area (Å²) in [6, 6.07) is 3.62. The molecule has 0 aromatic heterocycles. The lowest BCUT2D eigenvalue weighted by Gasteiger charge is -2.26. The lowest BCUT2D eigenvalue weighted by molar-refractivity contribution is -0.184. The van der Waals surface area contributed by atoms with Crippen LogP contribution in [0.25, 0.3) is 0 Å². The summed E-state index contributed by atoms with van der Waals surface area (Å²) in [5, 5.41) is 10.6. The third-order valence-corrected chi connectivity index (χ3v) is 2.78. The molecule has 0 aliphatic carbocycles. The lowest BCUT2D eigenvalue weighted by atomic mass is 10.0. The van der Waals surface area contributed by atoms with Crippen LogP contribution in [0.2, 0.25) is 0 Å². The van der Waals surface area contributed by atoms with E-state index in [1.165, 1.54) is 6.92 Å². The fourth-order valence-corrected chi connectivity index (χ4v) is 1.25. The highest BCUT2D eigenvalue weighted by Gasteiger charge is 2.54. The first-order chi connectivity index (χ1) is 9.00. The van der Waals surface area contributed by atoms with E-state index in [0.717, 1.165) is 12.1 Å². The molecule has 0 spiro atoms. The summed E-state index contributed by atoms with van der Waals surface area (Å²) < 4.78 is 51.3. The van der Waals surface area contributed by atoms with Gasteiger partial charge < -0.3 is 11.1 Å². The highest BCUT2D eigenvalue weighted by Crippen LogP contribution is 2.30. The Morgan fingerprint density at radius 3 is 2.40 bits per heavy atom. The van der Waals surface area contributed by atoms with E-state index in [1.54, 1.807) is 6.07 Å². The van der Waals surface area contributed by atoms with Crippen LogP contribution in [-0.2, 0) is 4.79 Å². The van der Waals surface area contributed by atoms with Crippen molar-refractivity contribution in [1.82, 2.24) is 0 Å². The number of benzene rings is 1. The molecule has 1 aromatic carbocycles. The van der Waals surface area contributed by atoms with Crippen LogP contribution in [0, 0.1) is 24.1 Å². The van der Waals surface area contributed by atoms with Crippen LogP contribution >= 0.6 is 0 Å². The number of rotatable bonds is 2. The second-order valence-corrected chi connectivity index (χ2v) is 4.40. The number of nitrogens with one attached hydrogen (secondary N) is 1. The molecule has 0 aliphatic rings. The largest absolute Gasteiger partial charge is 0.415 e. The van der Waals surface area contributed by atoms with E-state index in [4.69, 9.17) is 11.0 Å². The number of nitrogens with two attached hydrogens (primary N) is 1. The van der Waals surface area contributed by atoms with Gasteiger partial charge in [-0.15, -0.1) is 0 Å². The zero-order valence-electron chi connectivity index (χ0n) is 10.6. The lowest BCUT2D eigenvalue weighted by Crippen LogP contribution is -2.59. The number of nitriles is 1. The van der Waals surface area contributed by atoms with Gasteiger partial charge in [0.05, 0.1) is 11.6 Å². The number of carbonyl (C=O) groups excluding carboxylic acids is 1. The maximum Gasteiger partial charge on any atom is 0.415 e. The molecule has 1 unspecified atom stereocenters. The number of amides is 1. The van der Waals surface area contributed by atoms with Gasteiger partial charge in [-0.1, -0.05) is 0 Å². The molecule has 0 fully saturated rings. The number of hydrogen-bond acceptors (Lipinski definition) is 3. The Kier molecular flexibility index (Phi) is 4.05. The molecule has 8 heteroatoms. The number of nitrogens with zero attached hydrogens (tertiary/aromatic N) is 1. The average molecular weight is 289 g/mol. The minimum atomic E-state index is -4.96. The Hall–Kier alpha value is -2.14. The second-order valence-electron chi connectivity index (χ2n) is 4.40. The number of anilines is 1. The Morgan fingerprint density at radius 2 is 1.95 bits per heavy atom. The van der Waals surface area contributed by atoms with Gasteiger partial charge in [0.1, 0.15) is 5.82 Å². The van der Waals surface area contributed by atoms with Crippen molar-refractivity contribution in [2.45, 2.75) is 25.6 Å². The van der Waals surface area contributed by atoms with E-state index in [2.05, 4.69) is 0 Å². The molecule has 0 heterocycles. The summed E-state index contributed by atoms with van der Waals surface area (Å²) in [7, 11) is 0. The first-order valence-electron chi connectivity index (χ1n) is 5.38. The van der Waals surface area contributed by atoms with Gasteiger partial charge in [-0.25, -0.2) is 4.39 Å². The highest BCUT2D eigenvalue weighted by molar-refractivity contribution is 5.99. The highest BCUT2D eigenvalue weighted by atomic mass is 19.4. The molecular weight excluding hydrogens is 278 g/mol. The molecule has 0 aliphatic heterocycles. The normalized spacial score (nSPS) is 14.3. The molecule has 108 valence electrons. The second kappa shape index (κ2) is 5.09. The molecule has 3 N–H and O–H groups in total. The number of halogens is 4. The predicted molar refractivity (Wildman–Crippen MR) is 63.1 cm³/mol. The van der Waals surface area contributed by atoms with Gasteiger partial charge in [0.25, 0.3) is 5.91 Å². The topological polar surface area (TPSA) is 78.9 Å². The SMILES string of the molecule is Cc1c(F)cc(C#N)cc1NC(=O)C(C)(N)C(F)(F)F. The maximum atomic E-state index is 13.5. The molecule has 1 amide bonds. The Labute approximate surface area is 112 Å². The van der Waals surface area contributed by atoms with Gasteiger partial charge in [0.2, 0.25) is 0 Å². The molecule has 1 atom stereocenters. The van der Waals surface area contributed by atoms with E-state index in [0.29, 0.717) is 6.92 Å². The van der Waals surface area contributed by atoms with Gasteiger partial charge >= 0.3 is 6.18 Å². The van der Waals surface area contributed by atoms with E-state index >= 15 is 0 Å². The smallest absolute Gasteiger partial charge is 0.324 e. The predicted octanol–water partition coefficient (Wildman–Crippen LogP) is 2.22. The van der Waals surface area contributed by atoms with Gasteiger partial charge in [0, 0.05) is 11.3 Å². The molecule has 0 bridgehead atoms.